The number of nitrogens with zero attached hydrogens (tertiary/aromatic N) is 6. The number of rotatable bonds is 6. The van der Waals surface area contributed by atoms with Crippen molar-refractivity contribution in [3.05, 3.63) is 230 Å². The summed E-state index contributed by atoms with van der Waals surface area (Å²) in [5.41, 5.74) is 13.8. The number of fused-ring (bicyclic) bond motifs is 11. The third-order valence-electron chi connectivity index (χ3n) is 13.7. The fourth-order valence-electron chi connectivity index (χ4n) is 10.8. The van der Waals surface area contributed by atoms with Gasteiger partial charge in [0.1, 0.15) is 5.82 Å². The zero-order valence-electron chi connectivity index (χ0n) is 36.3. The minimum absolute atomic E-state index is 0.0300. The lowest BCUT2D eigenvalue weighted by atomic mass is 9.93. The van der Waals surface area contributed by atoms with E-state index in [1.165, 1.54) is 43.5 Å². The molecule has 0 N–H and O–H groups in total. The van der Waals surface area contributed by atoms with Gasteiger partial charge in [0.15, 0.2) is 0 Å². The van der Waals surface area contributed by atoms with Crippen LogP contribution in [0.4, 0.5) is 0 Å². The predicted molar refractivity (Wildman–Crippen MR) is 277 cm³/mol. The maximum atomic E-state index is 5.71. The molecule has 0 saturated heterocycles. The maximum Gasteiger partial charge on any atom is 0.235 e. The van der Waals surface area contributed by atoms with E-state index < -0.39 is 0 Å². The van der Waals surface area contributed by atoms with Crippen LogP contribution in [0.1, 0.15) is 18.0 Å². The van der Waals surface area contributed by atoms with Gasteiger partial charge in [0, 0.05) is 49.8 Å². The second-order valence-corrected chi connectivity index (χ2v) is 17.5. The minimum Gasteiger partial charge on any atom is -0.309 e. The molecule has 1 aliphatic rings. The third-order valence-corrected chi connectivity index (χ3v) is 13.7. The number of aromatic nitrogens is 6. The van der Waals surface area contributed by atoms with Crippen LogP contribution in [-0.4, -0.2) is 28.7 Å². The third kappa shape index (κ3) is 5.79. The summed E-state index contributed by atoms with van der Waals surface area (Å²) < 4.78 is 6.96. The summed E-state index contributed by atoms with van der Waals surface area (Å²) >= 11 is 0. The Morgan fingerprint density at radius 1 is 0.403 bits per heavy atom. The topological polar surface area (TPSA) is 53.5 Å². The first kappa shape index (κ1) is 37.5. The molecule has 0 radical (unpaired) electrons. The molecule has 6 nitrogen and oxygen atoms in total. The van der Waals surface area contributed by atoms with Crippen molar-refractivity contribution in [2.45, 2.75) is 12.3 Å². The number of hydrogen-bond donors (Lipinski definition) is 0. The molecule has 4 aromatic heterocycles. The number of hydrogen-bond acceptors (Lipinski definition) is 3. The molecule has 4 heterocycles. The fourth-order valence-corrected chi connectivity index (χ4v) is 10.8. The SMILES string of the molecule is C1=CCC(c2nc(-n3c4ccc(-c5ccc6c(c5)c5ccccc5n6-c5ccccc5)cc4c4c5ccccc5ccc43)nc3ccc4nc(-c5ccccc5)n(-c5ccccc5)c4c23)C=C1. The van der Waals surface area contributed by atoms with Crippen molar-refractivity contribution < 1.29 is 0 Å². The molecule has 0 fully saturated rings. The van der Waals surface area contributed by atoms with Gasteiger partial charge in [-0.3, -0.25) is 9.13 Å². The average Bonchev–Trinajstić information content (AvgIpc) is 4.07. The molecule has 0 spiro atoms. The summed E-state index contributed by atoms with van der Waals surface area (Å²) in [4.78, 5) is 16.6. The minimum atomic E-state index is 0.0300. The van der Waals surface area contributed by atoms with E-state index in [0.29, 0.717) is 5.95 Å². The maximum absolute atomic E-state index is 5.71. The Bertz CT molecular complexity index is 4170. The Morgan fingerprint density at radius 2 is 1.03 bits per heavy atom. The van der Waals surface area contributed by atoms with Gasteiger partial charge in [-0.05, 0) is 101 Å². The Morgan fingerprint density at radius 3 is 1.79 bits per heavy atom. The quantitative estimate of drug-likeness (QED) is 0.167. The highest BCUT2D eigenvalue weighted by atomic mass is 15.2. The van der Waals surface area contributed by atoms with Gasteiger partial charge in [-0.25, -0.2) is 15.0 Å². The first-order valence-electron chi connectivity index (χ1n) is 23.0. The zero-order chi connectivity index (χ0) is 44.0. The summed E-state index contributed by atoms with van der Waals surface area (Å²) in [5.74, 6) is 1.56. The van der Waals surface area contributed by atoms with Gasteiger partial charge in [-0.2, -0.15) is 0 Å². The Balaban J connectivity index is 1.02. The van der Waals surface area contributed by atoms with Crippen molar-refractivity contribution in [1.29, 1.82) is 0 Å². The number of benzene rings is 9. The van der Waals surface area contributed by atoms with Crippen LogP contribution in [0.3, 0.4) is 0 Å². The summed E-state index contributed by atoms with van der Waals surface area (Å²) in [6, 6.07) is 71.7. The zero-order valence-corrected chi connectivity index (χ0v) is 36.3. The smallest absolute Gasteiger partial charge is 0.235 e. The molecule has 0 bridgehead atoms. The average molecular weight is 857 g/mol. The van der Waals surface area contributed by atoms with Crippen LogP contribution in [0.25, 0.3) is 116 Å². The van der Waals surface area contributed by atoms with E-state index in [1.54, 1.807) is 0 Å². The highest BCUT2D eigenvalue weighted by Gasteiger charge is 2.26. The molecule has 0 aliphatic heterocycles. The molecule has 9 aromatic carbocycles. The normalized spacial score (nSPS) is 13.9. The predicted octanol–water partition coefficient (Wildman–Crippen LogP) is 15.2. The van der Waals surface area contributed by atoms with Crippen LogP contribution < -0.4 is 0 Å². The molecule has 67 heavy (non-hydrogen) atoms. The fraction of sp³-hybridized carbons (Fsp3) is 0.0328. The van der Waals surface area contributed by atoms with Gasteiger partial charge >= 0.3 is 0 Å². The second-order valence-electron chi connectivity index (χ2n) is 17.5. The van der Waals surface area contributed by atoms with E-state index in [1.807, 2.05) is 0 Å². The Labute approximate surface area is 385 Å². The monoisotopic (exact) mass is 856 g/mol. The number of imidazole rings is 1. The van der Waals surface area contributed by atoms with E-state index in [9.17, 15) is 0 Å². The molecular formula is C61H40N6. The summed E-state index contributed by atoms with van der Waals surface area (Å²) in [5, 5.41) is 8.22. The first-order valence-corrected chi connectivity index (χ1v) is 23.0. The number of para-hydroxylation sites is 3. The van der Waals surface area contributed by atoms with E-state index in [-0.39, 0.29) is 5.92 Å². The molecule has 1 atom stereocenters. The van der Waals surface area contributed by atoms with E-state index >= 15 is 0 Å². The summed E-state index contributed by atoms with van der Waals surface area (Å²) in [6.07, 6.45) is 9.64. The highest BCUT2D eigenvalue weighted by Crippen LogP contribution is 2.43. The molecule has 1 unspecified atom stereocenters. The van der Waals surface area contributed by atoms with Crippen LogP contribution in [0.2, 0.25) is 0 Å². The van der Waals surface area contributed by atoms with Crippen LogP contribution in [-0.2, 0) is 0 Å². The molecule has 0 saturated carbocycles. The van der Waals surface area contributed by atoms with Crippen molar-refractivity contribution in [2.75, 3.05) is 0 Å². The molecule has 6 heteroatoms. The first-order chi connectivity index (χ1) is 33.2. The van der Waals surface area contributed by atoms with Crippen LogP contribution in [0, 0.1) is 0 Å². The standard InChI is InChI=1S/C61H40N6/c1-5-18-40(19-6-1)58-57-50(32-33-51-59(57)66(45-24-11-4-12-25-45)60(62-51)41-20-7-2-8-21-41)63-61(64-58)67-54-35-31-43(38-49(54)56-46-26-14-13-17-39(46)29-36-55(56)67)42-30-34-53-48(37-42)47-27-15-16-28-52(47)65(53)44-22-9-3-10-23-44/h1-18,20-38,40H,19H2. The summed E-state index contributed by atoms with van der Waals surface area (Å²) in [6.45, 7) is 0. The second kappa shape index (κ2) is 14.8. The Hall–Kier alpha value is -8.87. The number of allylic oxidation sites excluding steroid dienone is 4. The van der Waals surface area contributed by atoms with Gasteiger partial charge in [-0.15, -0.1) is 0 Å². The van der Waals surface area contributed by atoms with E-state index in [4.69, 9.17) is 15.0 Å². The summed E-state index contributed by atoms with van der Waals surface area (Å²) in [7, 11) is 0. The van der Waals surface area contributed by atoms with Gasteiger partial charge in [0.2, 0.25) is 5.95 Å². The largest absolute Gasteiger partial charge is 0.309 e. The van der Waals surface area contributed by atoms with E-state index in [0.717, 1.165) is 78.8 Å². The van der Waals surface area contributed by atoms with Crippen molar-refractivity contribution in [2.24, 2.45) is 0 Å². The molecule has 13 aromatic rings. The lowest BCUT2D eigenvalue weighted by Crippen LogP contribution is -2.09. The van der Waals surface area contributed by atoms with Crippen LogP contribution in [0.15, 0.2) is 224 Å². The van der Waals surface area contributed by atoms with Gasteiger partial charge < -0.3 is 4.57 Å². The highest BCUT2D eigenvalue weighted by molar-refractivity contribution is 6.22. The van der Waals surface area contributed by atoms with Crippen molar-refractivity contribution >= 4 is 76.3 Å². The van der Waals surface area contributed by atoms with Crippen molar-refractivity contribution in [3.63, 3.8) is 0 Å². The lowest BCUT2D eigenvalue weighted by Gasteiger charge is -2.19. The van der Waals surface area contributed by atoms with Crippen LogP contribution >= 0.6 is 0 Å². The molecule has 314 valence electrons. The molecule has 0 amide bonds. The van der Waals surface area contributed by atoms with Gasteiger partial charge in [-0.1, -0.05) is 152 Å². The van der Waals surface area contributed by atoms with Gasteiger partial charge in [0.05, 0.1) is 44.3 Å². The van der Waals surface area contributed by atoms with Crippen LogP contribution in [0.5, 0.6) is 0 Å². The van der Waals surface area contributed by atoms with Crippen molar-refractivity contribution in [3.8, 4) is 39.8 Å². The molecule has 1 aliphatic carbocycles. The molecular weight excluding hydrogens is 817 g/mol. The molecule has 14 rings (SSSR count). The lowest BCUT2D eigenvalue weighted by molar-refractivity contribution is 0.810. The van der Waals surface area contributed by atoms with Gasteiger partial charge in [0.25, 0.3) is 0 Å². The van der Waals surface area contributed by atoms with E-state index in [2.05, 4.69) is 238 Å². The van der Waals surface area contributed by atoms with Crippen molar-refractivity contribution in [1.82, 2.24) is 28.7 Å². The Kier molecular flexibility index (Phi) is 8.31.